The van der Waals surface area contributed by atoms with Gasteiger partial charge in [0.2, 0.25) is 0 Å². The molecule has 20 heavy (non-hydrogen) atoms. The Morgan fingerprint density at radius 1 is 1.40 bits per heavy atom. The molecule has 2 rings (SSSR count). The Morgan fingerprint density at radius 2 is 2.15 bits per heavy atom. The lowest BCUT2D eigenvalue weighted by Crippen LogP contribution is -2.16. The number of anilines is 2. The highest BCUT2D eigenvalue weighted by molar-refractivity contribution is 7.15. The van der Waals surface area contributed by atoms with Crippen LogP contribution in [0.25, 0.3) is 0 Å². The molecule has 0 amide bonds. The van der Waals surface area contributed by atoms with E-state index >= 15 is 0 Å². The molecule has 0 bridgehead atoms. The summed E-state index contributed by atoms with van der Waals surface area (Å²) >= 11 is 1.51. The number of hydrogen-bond acceptors (Lipinski definition) is 5. The van der Waals surface area contributed by atoms with Crippen LogP contribution in [0.2, 0.25) is 0 Å². The number of ether oxygens (including phenoxy) is 1. The standard InChI is InChI=1S/C15H18N2O2S/c1-5-17(12-8-6-7-10(2)9-12)15-16-13(11(3)20-15)14(18)19-4/h6-9H,5H2,1-4H3. The largest absolute Gasteiger partial charge is 0.464 e. The normalized spacial score (nSPS) is 10.4. The first-order valence-corrected chi connectivity index (χ1v) is 7.28. The second-order valence-electron chi connectivity index (χ2n) is 4.48. The molecule has 106 valence electrons. The Bertz CT molecular complexity index is 622. The molecule has 0 saturated carbocycles. The van der Waals surface area contributed by atoms with Crippen LogP contribution in [-0.2, 0) is 4.74 Å². The minimum atomic E-state index is -0.384. The van der Waals surface area contributed by atoms with Gasteiger partial charge < -0.3 is 9.64 Å². The average Bonchev–Trinajstić information content (AvgIpc) is 2.81. The van der Waals surface area contributed by atoms with Gasteiger partial charge in [0.05, 0.1) is 7.11 Å². The SMILES string of the molecule is CCN(c1cccc(C)c1)c1nc(C(=O)OC)c(C)s1. The Morgan fingerprint density at radius 3 is 2.75 bits per heavy atom. The van der Waals surface area contributed by atoms with Crippen LogP contribution in [0, 0.1) is 13.8 Å². The smallest absolute Gasteiger partial charge is 0.357 e. The third kappa shape index (κ3) is 2.82. The van der Waals surface area contributed by atoms with Gasteiger partial charge in [-0.15, -0.1) is 11.3 Å². The number of aromatic nitrogens is 1. The number of benzene rings is 1. The molecule has 5 heteroatoms. The fourth-order valence-corrected chi connectivity index (χ4v) is 2.99. The number of carbonyl (C=O) groups excluding carboxylic acids is 1. The molecule has 4 nitrogen and oxygen atoms in total. The van der Waals surface area contributed by atoms with Crippen LogP contribution in [0.4, 0.5) is 10.8 Å². The van der Waals surface area contributed by atoms with Gasteiger partial charge in [-0.3, -0.25) is 0 Å². The third-order valence-electron chi connectivity index (χ3n) is 3.02. The van der Waals surface area contributed by atoms with E-state index in [2.05, 4.69) is 35.9 Å². The van der Waals surface area contributed by atoms with Crippen molar-refractivity contribution in [1.82, 2.24) is 4.98 Å². The molecule has 0 saturated heterocycles. The van der Waals surface area contributed by atoms with Gasteiger partial charge in [-0.05, 0) is 38.5 Å². The molecule has 0 fully saturated rings. The van der Waals surface area contributed by atoms with E-state index in [-0.39, 0.29) is 5.97 Å². The highest BCUT2D eigenvalue weighted by atomic mass is 32.1. The number of methoxy groups -OCH3 is 1. The first-order valence-electron chi connectivity index (χ1n) is 6.46. The number of rotatable bonds is 4. The zero-order valence-electron chi connectivity index (χ0n) is 12.1. The third-order valence-corrected chi connectivity index (χ3v) is 4.02. The molecular weight excluding hydrogens is 272 g/mol. The number of carbonyl (C=O) groups is 1. The predicted molar refractivity (Wildman–Crippen MR) is 82.0 cm³/mol. The molecule has 1 aromatic carbocycles. The van der Waals surface area contributed by atoms with E-state index in [4.69, 9.17) is 4.74 Å². The number of hydrogen-bond donors (Lipinski definition) is 0. The minimum Gasteiger partial charge on any atom is -0.464 e. The summed E-state index contributed by atoms with van der Waals surface area (Å²) in [5.41, 5.74) is 2.68. The lowest BCUT2D eigenvalue weighted by molar-refractivity contribution is 0.0594. The summed E-state index contributed by atoms with van der Waals surface area (Å²) in [6.45, 7) is 6.80. The summed E-state index contributed by atoms with van der Waals surface area (Å²) in [7, 11) is 1.37. The van der Waals surface area contributed by atoms with Gasteiger partial charge in [-0.1, -0.05) is 12.1 Å². The van der Waals surface area contributed by atoms with Crippen molar-refractivity contribution in [3.05, 3.63) is 40.4 Å². The van der Waals surface area contributed by atoms with Crippen molar-refractivity contribution in [2.75, 3.05) is 18.6 Å². The molecule has 0 aliphatic carbocycles. The number of aryl methyl sites for hydroxylation is 2. The van der Waals surface area contributed by atoms with Gasteiger partial charge in [0, 0.05) is 17.1 Å². The molecule has 0 radical (unpaired) electrons. The lowest BCUT2D eigenvalue weighted by atomic mass is 10.2. The molecule has 2 aromatic rings. The van der Waals surface area contributed by atoms with Crippen molar-refractivity contribution >= 4 is 28.1 Å². The Hall–Kier alpha value is -1.88. The van der Waals surface area contributed by atoms with Crippen molar-refractivity contribution in [2.45, 2.75) is 20.8 Å². The van der Waals surface area contributed by atoms with Crippen LogP contribution >= 0.6 is 11.3 Å². The van der Waals surface area contributed by atoms with E-state index in [0.29, 0.717) is 5.69 Å². The quantitative estimate of drug-likeness (QED) is 0.805. The predicted octanol–water partition coefficient (Wildman–Crippen LogP) is 3.70. The highest BCUT2D eigenvalue weighted by Crippen LogP contribution is 2.31. The van der Waals surface area contributed by atoms with E-state index in [1.165, 1.54) is 24.0 Å². The molecule has 0 aliphatic rings. The first-order chi connectivity index (χ1) is 9.56. The average molecular weight is 290 g/mol. The zero-order valence-corrected chi connectivity index (χ0v) is 13.0. The van der Waals surface area contributed by atoms with E-state index in [1.54, 1.807) is 0 Å². The Kier molecular flexibility index (Phi) is 4.39. The van der Waals surface area contributed by atoms with E-state index in [1.807, 2.05) is 19.1 Å². The van der Waals surface area contributed by atoms with Crippen molar-refractivity contribution in [2.24, 2.45) is 0 Å². The number of thiazole rings is 1. The molecule has 0 unspecified atom stereocenters. The fourth-order valence-electron chi connectivity index (χ4n) is 2.01. The van der Waals surface area contributed by atoms with Gasteiger partial charge in [0.15, 0.2) is 10.8 Å². The maximum absolute atomic E-state index is 11.7. The fraction of sp³-hybridized carbons (Fsp3) is 0.333. The maximum Gasteiger partial charge on any atom is 0.357 e. The highest BCUT2D eigenvalue weighted by Gasteiger charge is 2.19. The van der Waals surface area contributed by atoms with Crippen LogP contribution in [-0.4, -0.2) is 24.6 Å². The van der Waals surface area contributed by atoms with Crippen LogP contribution in [0.3, 0.4) is 0 Å². The molecule has 0 spiro atoms. The van der Waals surface area contributed by atoms with Gasteiger partial charge in [0.1, 0.15) is 0 Å². The van der Waals surface area contributed by atoms with Crippen molar-refractivity contribution in [3.8, 4) is 0 Å². The van der Waals surface area contributed by atoms with Crippen LogP contribution in [0.1, 0.15) is 27.9 Å². The second-order valence-corrected chi connectivity index (χ2v) is 5.66. The molecule has 0 aliphatic heterocycles. The maximum atomic E-state index is 11.7. The first kappa shape index (κ1) is 14.5. The molecule has 1 heterocycles. The van der Waals surface area contributed by atoms with E-state index < -0.39 is 0 Å². The van der Waals surface area contributed by atoms with Crippen LogP contribution in [0.5, 0.6) is 0 Å². The van der Waals surface area contributed by atoms with E-state index in [9.17, 15) is 4.79 Å². The summed E-state index contributed by atoms with van der Waals surface area (Å²) in [4.78, 5) is 19.0. The Balaban J connectivity index is 2.40. The minimum absolute atomic E-state index is 0.384. The molecular formula is C15H18N2O2S. The van der Waals surface area contributed by atoms with Crippen LogP contribution in [0.15, 0.2) is 24.3 Å². The zero-order chi connectivity index (χ0) is 14.7. The van der Waals surface area contributed by atoms with Crippen molar-refractivity contribution < 1.29 is 9.53 Å². The summed E-state index contributed by atoms with van der Waals surface area (Å²) in [6, 6.07) is 8.24. The van der Waals surface area contributed by atoms with Gasteiger partial charge in [-0.2, -0.15) is 0 Å². The summed E-state index contributed by atoms with van der Waals surface area (Å²) in [6.07, 6.45) is 0. The van der Waals surface area contributed by atoms with Gasteiger partial charge >= 0.3 is 5.97 Å². The van der Waals surface area contributed by atoms with Crippen molar-refractivity contribution in [1.29, 1.82) is 0 Å². The van der Waals surface area contributed by atoms with Crippen molar-refractivity contribution in [3.63, 3.8) is 0 Å². The second kappa shape index (κ2) is 6.05. The lowest BCUT2D eigenvalue weighted by Gasteiger charge is -2.20. The molecule has 0 atom stereocenters. The van der Waals surface area contributed by atoms with Gasteiger partial charge in [0.25, 0.3) is 0 Å². The Labute approximate surface area is 123 Å². The number of esters is 1. The summed E-state index contributed by atoms with van der Waals surface area (Å²) in [5, 5.41) is 0.816. The monoisotopic (exact) mass is 290 g/mol. The summed E-state index contributed by atoms with van der Waals surface area (Å²) in [5.74, 6) is -0.384. The molecule has 1 aromatic heterocycles. The van der Waals surface area contributed by atoms with Crippen LogP contribution < -0.4 is 4.90 Å². The number of nitrogens with zero attached hydrogens (tertiary/aromatic N) is 2. The summed E-state index contributed by atoms with van der Waals surface area (Å²) < 4.78 is 4.76. The van der Waals surface area contributed by atoms with Gasteiger partial charge in [-0.25, -0.2) is 9.78 Å². The topological polar surface area (TPSA) is 42.4 Å². The molecule has 0 N–H and O–H groups in total. The van der Waals surface area contributed by atoms with E-state index in [0.717, 1.165) is 22.2 Å².